The largest absolute Gasteiger partial charge is 0.352 e. The SMILES string of the molecule is CCCC(C)C(=O)NC(CN)Cc1ccccc1. The van der Waals surface area contributed by atoms with Crippen LogP contribution in [-0.2, 0) is 11.2 Å². The molecule has 1 rings (SSSR count). The molecule has 1 aromatic carbocycles. The van der Waals surface area contributed by atoms with E-state index in [0.717, 1.165) is 19.3 Å². The lowest BCUT2D eigenvalue weighted by Gasteiger charge is -2.19. The van der Waals surface area contributed by atoms with E-state index >= 15 is 0 Å². The molecule has 0 saturated carbocycles. The second-order valence-corrected chi connectivity index (χ2v) is 4.82. The molecule has 0 bridgehead atoms. The Morgan fingerprint density at radius 3 is 2.56 bits per heavy atom. The Kier molecular flexibility index (Phi) is 6.44. The van der Waals surface area contributed by atoms with Crippen molar-refractivity contribution in [3.05, 3.63) is 35.9 Å². The van der Waals surface area contributed by atoms with Crippen molar-refractivity contribution in [3.8, 4) is 0 Å². The summed E-state index contributed by atoms with van der Waals surface area (Å²) in [5.74, 6) is 0.183. The van der Waals surface area contributed by atoms with Crippen molar-refractivity contribution in [3.63, 3.8) is 0 Å². The smallest absolute Gasteiger partial charge is 0.223 e. The van der Waals surface area contributed by atoms with Gasteiger partial charge in [-0.25, -0.2) is 0 Å². The van der Waals surface area contributed by atoms with Gasteiger partial charge in [-0.1, -0.05) is 50.6 Å². The van der Waals surface area contributed by atoms with Crippen LogP contribution in [0.25, 0.3) is 0 Å². The fourth-order valence-electron chi connectivity index (χ4n) is 2.00. The molecule has 1 amide bonds. The first-order chi connectivity index (χ1) is 8.67. The minimum atomic E-state index is 0.0270. The third-order valence-electron chi connectivity index (χ3n) is 3.13. The van der Waals surface area contributed by atoms with E-state index in [-0.39, 0.29) is 17.9 Å². The Balaban J connectivity index is 2.49. The first-order valence-corrected chi connectivity index (χ1v) is 6.71. The highest BCUT2D eigenvalue weighted by Gasteiger charge is 2.16. The number of carbonyl (C=O) groups is 1. The molecule has 0 fully saturated rings. The summed E-state index contributed by atoms with van der Waals surface area (Å²) in [6, 6.07) is 10.1. The summed E-state index contributed by atoms with van der Waals surface area (Å²) in [6.45, 7) is 4.53. The summed E-state index contributed by atoms with van der Waals surface area (Å²) in [5, 5.41) is 3.04. The minimum absolute atomic E-state index is 0.0270. The van der Waals surface area contributed by atoms with Crippen molar-refractivity contribution in [1.82, 2.24) is 5.32 Å². The number of nitrogens with two attached hydrogens (primary N) is 1. The van der Waals surface area contributed by atoms with Crippen LogP contribution in [-0.4, -0.2) is 18.5 Å². The van der Waals surface area contributed by atoms with Crippen molar-refractivity contribution in [2.75, 3.05) is 6.54 Å². The number of nitrogens with one attached hydrogen (secondary N) is 1. The Labute approximate surface area is 110 Å². The third kappa shape index (κ3) is 4.88. The van der Waals surface area contributed by atoms with Gasteiger partial charge in [0, 0.05) is 18.5 Å². The van der Waals surface area contributed by atoms with E-state index in [4.69, 9.17) is 5.73 Å². The lowest BCUT2D eigenvalue weighted by atomic mass is 10.0. The number of rotatable bonds is 7. The van der Waals surface area contributed by atoms with Gasteiger partial charge in [0.15, 0.2) is 0 Å². The zero-order valence-electron chi connectivity index (χ0n) is 11.4. The van der Waals surface area contributed by atoms with Crippen molar-refractivity contribution >= 4 is 5.91 Å². The highest BCUT2D eigenvalue weighted by Crippen LogP contribution is 2.07. The van der Waals surface area contributed by atoms with Gasteiger partial charge in [0.25, 0.3) is 0 Å². The van der Waals surface area contributed by atoms with Gasteiger partial charge in [0.1, 0.15) is 0 Å². The van der Waals surface area contributed by atoms with Gasteiger partial charge in [0.05, 0.1) is 0 Å². The van der Waals surface area contributed by atoms with Gasteiger partial charge in [-0.05, 0) is 18.4 Å². The first kappa shape index (κ1) is 14.7. The highest BCUT2D eigenvalue weighted by molar-refractivity contribution is 5.78. The average molecular weight is 248 g/mol. The lowest BCUT2D eigenvalue weighted by molar-refractivity contribution is -0.125. The number of hydrogen-bond acceptors (Lipinski definition) is 2. The first-order valence-electron chi connectivity index (χ1n) is 6.71. The summed E-state index contributed by atoms with van der Waals surface area (Å²) in [5.41, 5.74) is 6.93. The maximum atomic E-state index is 11.9. The van der Waals surface area contributed by atoms with Crippen molar-refractivity contribution in [2.24, 2.45) is 11.7 Å². The highest BCUT2D eigenvalue weighted by atomic mass is 16.1. The maximum Gasteiger partial charge on any atom is 0.223 e. The molecule has 0 radical (unpaired) electrons. The van der Waals surface area contributed by atoms with Gasteiger partial charge >= 0.3 is 0 Å². The Bertz CT molecular complexity index is 351. The molecule has 2 atom stereocenters. The fraction of sp³-hybridized carbons (Fsp3) is 0.533. The van der Waals surface area contributed by atoms with Gasteiger partial charge in [0.2, 0.25) is 5.91 Å². The second kappa shape index (κ2) is 7.88. The summed E-state index contributed by atoms with van der Waals surface area (Å²) >= 11 is 0. The van der Waals surface area contributed by atoms with Crippen molar-refractivity contribution < 1.29 is 4.79 Å². The van der Waals surface area contributed by atoms with E-state index in [1.54, 1.807) is 0 Å². The number of hydrogen-bond donors (Lipinski definition) is 2. The standard InChI is InChI=1S/C15H24N2O/c1-3-7-12(2)15(18)17-14(11-16)10-13-8-5-4-6-9-13/h4-6,8-9,12,14H,3,7,10-11,16H2,1-2H3,(H,17,18). The Hall–Kier alpha value is -1.35. The van der Waals surface area contributed by atoms with Gasteiger partial charge < -0.3 is 11.1 Å². The zero-order chi connectivity index (χ0) is 13.4. The molecule has 3 heteroatoms. The van der Waals surface area contributed by atoms with Crippen molar-refractivity contribution in [2.45, 2.75) is 39.2 Å². The molecular weight excluding hydrogens is 224 g/mol. The number of carbonyl (C=O) groups excluding carboxylic acids is 1. The Morgan fingerprint density at radius 2 is 2.00 bits per heavy atom. The molecule has 0 heterocycles. The van der Waals surface area contributed by atoms with E-state index in [9.17, 15) is 4.79 Å². The summed E-state index contributed by atoms with van der Waals surface area (Å²) in [6.07, 6.45) is 2.75. The second-order valence-electron chi connectivity index (χ2n) is 4.82. The van der Waals surface area contributed by atoms with Crippen LogP contribution in [0, 0.1) is 5.92 Å². The monoisotopic (exact) mass is 248 g/mol. The normalized spacial score (nSPS) is 13.9. The van der Waals surface area contributed by atoms with Crippen LogP contribution in [0.15, 0.2) is 30.3 Å². The van der Waals surface area contributed by atoms with Crippen LogP contribution in [0.4, 0.5) is 0 Å². The van der Waals surface area contributed by atoms with Gasteiger partial charge in [-0.15, -0.1) is 0 Å². The van der Waals surface area contributed by atoms with Crippen LogP contribution in [0.2, 0.25) is 0 Å². The van der Waals surface area contributed by atoms with Crippen LogP contribution in [0.5, 0.6) is 0 Å². The molecule has 3 N–H and O–H groups in total. The number of benzene rings is 1. The maximum absolute atomic E-state index is 11.9. The fourth-order valence-corrected chi connectivity index (χ4v) is 2.00. The lowest BCUT2D eigenvalue weighted by Crippen LogP contribution is -2.43. The molecule has 0 aliphatic heterocycles. The Morgan fingerprint density at radius 1 is 1.33 bits per heavy atom. The van der Waals surface area contributed by atoms with E-state index in [1.165, 1.54) is 5.56 Å². The van der Waals surface area contributed by atoms with Gasteiger partial charge in [-0.3, -0.25) is 4.79 Å². The molecule has 0 aromatic heterocycles. The molecule has 1 aromatic rings. The molecule has 0 aliphatic carbocycles. The van der Waals surface area contributed by atoms with Crippen LogP contribution >= 0.6 is 0 Å². The predicted octanol–water partition coefficient (Wildman–Crippen LogP) is 2.11. The molecule has 0 spiro atoms. The molecular formula is C15H24N2O. The topological polar surface area (TPSA) is 55.1 Å². The van der Waals surface area contributed by atoms with Crippen LogP contribution < -0.4 is 11.1 Å². The number of amides is 1. The molecule has 0 saturated heterocycles. The summed E-state index contributed by atoms with van der Waals surface area (Å²) < 4.78 is 0. The quantitative estimate of drug-likeness (QED) is 0.776. The summed E-state index contributed by atoms with van der Waals surface area (Å²) in [4.78, 5) is 11.9. The van der Waals surface area contributed by atoms with E-state index in [0.29, 0.717) is 6.54 Å². The van der Waals surface area contributed by atoms with E-state index in [2.05, 4.69) is 24.4 Å². The predicted molar refractivity (Wildman–Crippen MR) is 75.2 cm³/mol. The van der Waals surface area contributed by atoms with Crippen LogP contribution in [0.1, 0.15) is 32.3 Å². The molecule has 100 valence electrons. The summed E-state index contributed by atoms with van der Waals surface area (Å²) in [7, 11) is 0. The molecule has 2 unspecified atom stereocenters. The minimum Gasteiger partial charge on any atom is -0.352 e. The molecule has 0 aliphatic rings. The molecule has 3 nitrogen and oxygen atoms in total. The average Bonchev–Trinajstić information content (AvgIpc) is 2.39. The van der Waals surface area contributed by atoms with E-state index in [1.807, 2.05) is 25.1 Å². The molecule has 18 heavy (non-hydrogen) atoms. The van der Waals surface area contributed by atoms with Gasteiger partial charge in [-0.2, -0.15) is 0 Å². The van der Waals surface area contributed by atoms with E-state index < -0.39 is 0 Å². The van der Waals surface area contributed by atoms with Crippen LogP contribution in [0.3, 0.4) is 0 Å². The van der Waals surface area contributed by atoms with Crippen molar-refractivity contribution in [1.29, 1.82) is 0 Å². The zero-order valence-corrected chi connectivity index (χ0v) is 11.4. The third-order valence-corrected chi connectivity index (χ3v) is 3.13.